The highest BCUT2D eigenvalue weighted by atomic mass is 16.4. The molecule has 1 rings (SSSR count). The van der Waals surface area contributed by atoms with E-state index in [4.69, 9.17) is 10.2 Å². The van der Waals surface area contributed by atoms with Crippen molar-refractivity contribution < 1.29 is 24.6 Å². The number of aliphatic carboxylic acids is 1. The number of hydrogen-bond acceptors (Lipinski definition) is 3. The van der Waals surface area contributed by atoms with Gasteiger partial charge < -0.3 is 15.5 Å². The molecule has 0 aromatic heterocycles. The van der Waals surface area contributed by atoms with Crippen molar-refractivity contribution in [2.24, 2.45) is 11.8 Å². The number of anilines is 1. The fourth-order valence-electron chi connectivity index (χ4n) is 2.02. The zero-order chi connectivity index (χ0) is 16.0. The van der Waals surface area contributed by atoms with Crippen LogP contribution in [0.2, 0.25) is 0 Å². The van der Waals surface area contributed by atoms with E-state index in [1.807, 2.05) is 0 Å². The van der Waals surface area contributed by atoms with E-state index in [-0.39, 0.29) is 30.0 Å². The molecule has 0 unspecified atom stereocenters. The SMILES string of the molecule is CC(C)[C@@H](CCC(=O)Nc1ccccc1C(=O)O)C(=O)O. The normalized spacial score (nSPS) is 12.0. The van der Waals surface area contributed by atoms with Crippen LogP contribution in [0.5, 0.6) is 0 Å². The second-order valence-corrected chi connectivity index (χ2v) is 5.13. The van der Waals surface area contributed by atoms with Crippen LogP contribution in [-0.4, -0.2) is 28.1 Å². The first kappa shape index (κ1) is 16.7. The van der Waals surface area contributed by atoms with Gasteiger partial charge in [0.2, 0.25) is 5.91 Å². The molecule has 0 spiro atoms. The zero-order valence-corrected chi connectivity index (χ0v) is 12.0. The highest BCUT2D eigenvalue weighted by Crippen LogP contribution is 2.19. The number of rotatable bonds is 7. The third-order valence-electron chi connectivity index (χ3n) is 3.24. The fourth-order valence-corrected chi connectivity index (χ4v) is 2.02. The van der Waals surface area contributed by atoms with Crippen LogP contribution in [0.1, 0.15) is 37.0 Å². The minimum Gasteiger partial charge on any atom is -0.481 e. The molecule has 0 aliphatic heterocycles. The molecule has 0 heterocycles. The molecular weight excluding hydrogens is 274 g/mol. The van der Waals surface area contributed by atoms with Crippen LogP contribution in [0.4, 0.5) is 5.69 Å². The summed E-state index contributed by atoms with van der Waals surface area (Å²) in [4.78, 5) is 33.9. The van der Waals surface area contributed by atoms with Crippen molar-refractivity contribution in [2.75, 3.05) is 5.32 Å². The summed E-state index contributed by atoms with van der Waals surface area (Å²) in [6.45, 7) is 3.58. The first-order valence-corrected chi connectivity index (χ1v) is 6.68. The van der Waals surface area contributed by atoms with E-state index < -0.39 is 23.8 Å². The smallest absolute Gasteiger partial charge is 0.337 e. The first-order valence-electron chi connectivity index (χ1n) is 6.68. The molecule has 114 valence electrons. The predicted molar refractivity (Wildman–Crippen MR) is 77.2 cm³/mol. The summed E-state index contributed by atoms with van der Waals surface area (Å²) in [5, 5.41) is 20.6. The van der Waals surface area contributed by atoms with E-state index in [1.165, 1.54) is 12.1 Å². The second-order valence-electron chi connectivity index (χ2n) is 5.13. The van der Waals surface area contributed by atoms with Crippen LogP contribution < -0.4 is 5.32 Å². The summed E-state index contributed by atoms with van der Waals surface area (Å²) in [6.07, 6.45) is 0.247. The summed E-state index contributed by atoms with van der Waals surface area (Å²) in [7, 11) is 0. The lowest BCUT2D eigenvalue weighted by Crippen LogP contribution is -2.22. The fraction of sp³-hybridized carbons (Fsp3) is 0.400. The molecule has 0 fully saturated rings. The molecule has 1 aromatic carbocycles. The molecule has 6 nitrogen and oxygen atoms in total. The summed E-state index contributed by atoms with van der Waals surface area (Å²) in [6, 6.07) is 6.08. The highest BCUT2D eigenvalue weighted by molar-refractivity contribution is 6.00. The minimum absolute atomic E-state index is 0.00416. The van der Waals surface area contributed by atoms with E-state index in [2.05, 4.69) is 5.32 Å². The van der Waals surface area contributed by atoms with Crippen LogP contribution >= 0.6 is 0 Å². The molecule has 1 atom stereocenters. The van der Waals surface area contributed by atoms with Crippen LogP contribution in [-0.2, 0) is 9.59 Å². The number of carbonyl (C=O) groups excluding carboxylic acids is 1. The molecule has 0 bridgehead atoms. The highest BCUT2D eigenvalue weighted by Gasteiger charge is 2.22. The van der Waals surface area contributed by atoms with Gasteiger partial charge in [-0.15, -0.1) is 0 Å². The Bertz CT molecular complexity index is 539. The van der Waals surface area contributed by atoms with Crippen molar-refractivity contribution in [3.63, 3.8) is 0 Å². The number of amides is 1. The van der Waals surface area contributed by atoms with E-state index in [9.17, 15) is 14.4 Å². The van der Waals surface area contributed by atoms with Gasteiger partial charge in [0.1, 0.15) is 0 Å². The lowest BCUT2D eigenvalue weighted by molar-refractivity contribution is -0.143. The number of nitrogens with one attached hydrogen (secondary N) is 1. The molecule has 3 N–H and O–H groups in total. The Kier molecular flexibility index (Phi) is 5.90. The number of carboxylic acids is 2. The Morgan fingerprint density at radius 2 is 1.76 bits per heavy atom. The number of aromatic carboxylic acids is 1. The number of carbonyl (C=O) groups is 3. The Morgan fingerprint density at radius 3 is 2.29 bits per heavy atom. The molecule has 0 aliphatic carbocycles. The largest absolute Gasteiger partial charge is 0.481 e. The monoisotopic (exact) mass is 293 g/mol. The maximum Gasteiger partial charge on any atom is 0.337 e. The van der Waals surface area contributed by atoms with E-state index in [0.717, 1.165) is 0 Å². The number of para-hydroxylation sites is 1. The first-order chi connectivity index (χ1) is 9.82. The molecule has 6 heteroatoms. The average molecular weight is 293 g/mol. The van der Waals surface area contributed by atoms with Gasteiger partial charge in [-0.1, -0.05) is 26.0 Å². The van der Waals surface area contributed by atoms with Crippen molar-refractivity contribution >= 4 is 23.5 Å². The Labute approximate surface area is 122 Å². The lowest BCUT2D eigenvalue weighted by Gasteiger charge is -2.15. The van der Waals surface area contributed by atoms with Crippen molar-refractivity contribution in [2.45, 2.75) is 26.7 Å². The summed E-state index contributed by atoms with van der Waals surface area (Å²) in [5.41, 5.74) is 0.218. The molecular formula is C15H19NO5. The third kappa shape index (κ3) is 4.91. The van der Waals surface area contributed by atoms with Crippen molar-refractivity contribution in [3.8, 4) is 0 Å². The Hall–Kier alpha value is -2.37. The third-order valence-corrected chi connectivity index (χ3v) is 3.24. The van der Waals surface area contributed by atoms with Crippen molar-refractivity contribution in [1.29, 1.82) is 0 Å². The van der Waals surface area contributed by atoms with Crippen molar-refractivity contribution in [3.05, 3.63) is 29.8 Å². The van der Waals surface area contributed by atoms with E-state index in [1.54, 1.807) is 26.0 Å². The summed E-state index contributed by atoms with van der Waals surface area (Å²) < 4.78 is 0. The van der Waals surface area contributed by atoms with E-state index in [0.29, 0.717) is 0 Å². The zero-order valence-electron chi connectivity index (χ0n) is 12.0. The second kappa shape index (κ2) is 7.42. The van der Waals surface area contributed by atoms with Gasteiger partial charge in [-0.05, 0) is 24.5 Å². The van der Waals surface area contributed by atoms with Gasteiger partial charge in [-0.2, -0.15) is 0 Å². The van der Waals surface area contributed by atoms with Crippen molar-refractivity contribution in [1.82, 2.24) is 0 Å². The van der Waals surface area contributed by atoms with Gasteiger partial charge in [0, 0.05) is 6.42 Å². The maximum absolute atomic E-state index is 11.8. The van der Waals surface area contributed by atoms with Gasteiger partial charge in [0.25, 0.3) is 0 Å². The van der Waals surface area contributed by atoms with Gasteiger partial charge in [0.05, 0.1) is 17.2 Å². The number of benzene rings is 1. The van der Waals surface area contributed by atoms with Gasteiger partial charge >= 0.3 is 11.9 Å². The van der Waals surface area contributed by atoms with Crippen LogP contribution in [0.3, 0.4) is 0 Å². The van der Waals surface area contributed by atoms with E-state index >= 15 is 0 Å². The van der Waals surface area contributed by atoms with Gasteiger partial charge in [-0.3, -0.25) is 9.59 Å². The van der Waals surface area contributed by atoms with Crippen LogP contribution in [0, 0.1) is 11.8 Å². The minimum atomic E-state index is -1.13. The van der Waals surface area contributed by atoms with Crippen LogP contribution in [0.25, 0.3) is 0 Å². The number of carboxylic acid groups (broad SMARTS) is 2. The Morgan fingerprint density at radius 1 is 1.14 bits per heavy atom. The van der Waals surface area contributed by atoms with Gasteiger partial charge in [0.15, 0.2) is 0 Å². The van der Waals surface area contributed by atoms with Gasteiger partial charge in [-0.25, -0.2) is 4.79 Å². The lowest BCUT2D eigenvalue weighted by atomic mass is 9.91. The standard InChI is InChI=1S/C15H19NO5/c1-9(2)10(14(18)19)7-8-13(17)16-12-6-4-3-5-11(12)15(20)21/h3-6,9-10H,7-8H2,1-2H3,(H,16,17)(H,18,19)(H,20,21)/t10-/m1/s1. The topological polar surface area (TPSA) is 104 Å². The van der Waals surface area contributed by atoms with Crippen LogP contribution in [0.15, 0.2) is 24.3 Å². The molecule has 21 heavy (non-hydrogen) atoms. The molecule has 0 radical (unpaired) electrons. The quantitative estimate of drug-likeness (QED) is 0.716. The molecule has 0 saturated heterocycles. The molecule has 1 aromatic rings. The molecule has 1 amide bonds. The average Bonchev–Trinajstić information content (AvgIpc) is 2.38. The molecule has 0 aliphatic rings. The summed E-state index contributed by atoms with van der Waals surface area (Å²) >= 11 is 0. The maximum atomic E-state index is 11.8. The summed E-state index contributed by atoms with van der Waals surface area (Å²) in [5.74, 6) is -3.11. The number of hydrogen-bond donors (Lipinski definition) is 3. The predicted octanol–water partition coefficient (Wildman–Crippen LogP) is 2.46. The molecule has 0 saturated carbocycles. The Balaban J connectivity index is 2.66.